The summed E-state index contributed by atoms with van der Waals surface area (Å²) in [6, 6.07) is 5.15. The van der Waals surface area contributed by atoms with E-state index in [0.717, 1.165) is 0 Å². The highest BCUT2D eigenvalue weighted by molar-refractivity contribution is 6.00. The van der Waals surface area contributed by atoms with Gasteiger partial charge in [0.1, 0.15) is 13.2 Å². The summed E-state index contributed by atoms with van der Waals surface area (Å²) in [6.45, 7) is 0.620. The summed E-state index contributed by atoms with van der Waals surface area (Å²) in [5.41, 5.74) is -1.81. The van der Waals surface area contributed by atoms with Crippen molar-refractivity contribution in [2.24, 2.45) is 5.92 Å². The van der Waals surface area contributed by atoms with Crippen LogP contribution in [0.3, 0.4) is 0 Å². The van der Waals surface area contributed by atoms with Crippen LogP contribution in [0.1, 0.15) is 12.8 Å². The van der Waals surface area contributed by atoms with Crippen LogP contribution in [0.5, 0.6) is 11.5 Å². The predicted octanol–water partition coefficient (Wildman–Crippen LogP) is 0.836. The van der Waals surface area contributed by atoms with Gasteiger partial charge in [-0.05, 0) is 12.1 Å². The van der Waals surface area contributed by atoms with Crippen LogP contribution < -0.4 is 14.4 Å². The second-order valence-corrected chi connectivity index (χ2v) is 7.01. The van der Waals surface area contributed by atoms with Gasteiger partial charge in [-0.2, -0.15) is 0 Å². The summed E-state index contributed by atoms with van der Waals surface area (Å²) in [5, 5.41) is 8.97. The van der Waals surface area contributed by atoms with E-state index in [0.29, 0.717) is 30.4 Å². The van der Waals surface area contributed by atoms with E-state index in [2.05, 4.69) is 0 Å². The van der Waals surface area contributed by atoms with Crippen LogP contribution in [-0.4, -0.2) is 66.3 Å². The van der Waals surface area contributed by atoms with Crippen LogP contribution in [0.4, 0.5) is 10.1 Å². The SMILES string of the molecule is O=C(C1CC(=O)N(c2ccc3c(c2)OCCO3)C1)N1CCC(F)(C(=O)O)C1. The van der Waals surface area contributed by atoms with Crippen molar-refractivity contribution in [3.8, 4) is 11.5 Å². The molecule has 1 N–H and O–H groups in total. The molecule has 27 heavy (non-hydrogen) atoms. The summed E-state index contributed by atoms with van der Waals surface area (Å²) in [7, 11) is 0. The molecule has 9 heteroatoms. The third-order valence-corrected chi connectivity index (χ3v) is 5.23. The Hall–Kier alpha value is -2.84. The molecule has 1 aromatic rings. The second-order valence-electron chi connectivity index (χ2n) is 7.01. The molecule has 2 fully saturated rings. The van der Waals surface area contributed by atoms with Crippen molar-refractivity contribution < 1.29 is 33.4 Å². The van der Waals surface area contributed by atoms with Crippen LogP contribution in [0.2, 0.25) is 0 Å². The molecular formula is C18H19FN2O6. The Labute approximate surface area is 154 Å². The van der Waals surface area contributed by atoms with Gasteiger partial charge >= 0.3 is 5.97 Å². The highest BCUT2D eigenvalue weighted by Crippen LogP contribution is 2.36. The first-order valence-electron chi connectivity index (χ1n) is 8.78. The number of ether oxygens (including phenoxy) is 2. The number of benzene rings is 1. The quantitative estimate of drug-likeness (QED) is 0.837. The fraction of sp³-hybridized carbons (Fsp3) is 0.500. The van der Waals surface area contributed by atoms with Crippen molar-refractivity contribution in [3.05, 3.63) is 18.2 Å². The lowest BCUT2D eigenvalue weighted by Crippen LogP contribution is -2.41. The molecule has 0 aromatic heterocycles. The van der Waals surface area contributed by atoms with Gasteiger partial charge in [-0.15, -0.1) is 0 Å². The van der Waals surface area contributed by atoms with Gasteiger partial charge in [0.2, 0.25) is 17.5 Å². The molecule has 0 aliphatic carbocycles. The van der Waals surface area contributed by atoms with E-state index in [-0.39, 0.29) is 37.7 Å². The van der Waals surface area contributed by atoms with Gasteiger partial charge in [-0.3, -0.25) is 9.59 Å². The largest absolute Gasteiger partial charge is 0.486 e. The summed E-state index contributed by atoms with van der Waals surface area (Å²) in [6.07, 6.45) is -0.225. The van der Waals surface area contributed by atoms with E-state index in [9.17, 15) is 18.8 Å². The number of carboxylic acids is 1. The van der Waals surface area contributed by atoms with Gasteiger partial charge in [-0.1, -0.05) is 0 Å². The molecule has 0 saturated carbocycles. The number of halogens is 1. The topological polar surface area (TPSA) is 96.4 Å². The summed E-state index contributed by atoms with van der Waals surface area (Å²) < 4.78 is 25.2. The van der Waals surface area contributed by atoms with E-state index in [1.807, 2.05) is 0 Å². The number of anilines is 1. The van der Waals surface area contributed by atoms with E-state index in [1.165, 1.54) is 9.80 Å². The number of hydrogen-bond donors (Lipinski definition) is 1. The monoisotopic (exact) mass is 378 g/mol. The number of likely N-dealkylation sites (tertiary alicyclic amines) is 1. The molecule has 0 radical (unpaired) electrons. The normalized spacial score (nSPS) is 27.1. The predicted molar refractivity (Wildman–Crippen MR) is 90.6 cm³/mol. The van der Waals surface area contributed by atoms with Crippen LogP contribution >= 0.6 is 0 Å². The van der Waals surface area contributed by atoms with E-state index in [1.54, 1.807) is 18.2 Å². The summed E-state index contributed by atoms with van der Waals surface area (Å²) in [5.74, 6) is -1.63. The highest BCUT2D eigenvalue weighted by atomic mass is 19.1. The van der Waals surface area contributed by atoms with Crippen molar-refractivity contribution in [2.75, 3.05) is 37.7 Å². The molecule has 2 saturated heterocycles. The van der Waals surface area contributed by atoms with Gasteiger partial charge < -0.3 is 24.4 Å². The Morgan fingerprint density at radius 3 is 2.67 bits per heavy atom. The minimum atomic E-state index is -2.41. The minimum absolute atomic E-state index is 0.0101. The maximum atomic E-state index is 14.2. The van der Waals surface area contributed by atoms with Gasteiger partial charge in [0.05, 0.1) is 12.5 Å². The van der Waals surface area contributed by atoms with Gasteiger partial charge in [-0.25, -0.2) is 9.18 Å². The minimum Gasteiger partial charge on any atom is -0.486 e. The maximum Gasteiger partial charge on any atom is 0.343 e. The molecule has 0 spiro atoms. The first-order chi connectivity index (χ1) is 12.9. The van der Waals surface area contributed by atoms with Gasteiger partial charge in [0, 0.05) is 37.7 Å². The molecular weight excluding hydrogens is 359 g/mol. The number of fused-ring (bicyclic) bond motifs is 1. The van der Waals surface area contributed by atoms with Crippen LogP contribution in [0, 0.1) is 5.92 Å². The summed E-state index contributed by atoms with van der Waals surface area (Å²) >= 11 is 0. The number of carbonyl (C=O) groups is 3. The lowest BCUT2D eigenvalue weighted by Gasteiger charge is -2.23. The molecule has 0 bridgehead atoms. The van der Waals surface area contributed by atoms with Crippen molar-refractivity contribution in [2.45, 2.75) is 18.5 Å². The van der Waals surface area contributed by atoms with Crippen LogP contribution in [0.25, 0.3) is 0 Å². The Kier molecular flexibility index (Phi) is 4.16. The van der Waals surface area contributed by atoms with E-state index < -0.39 is 24.1 Å². The average Bonchev–Trinajstić information content (AvgIpc) is 3.25. The highest BCUT2D eigenvalue weighted by Gasteiger charge is 2.49. The number of nitrogens with zero attached hydrogens (tertiary/aromatic N) is 2. The van der Waals surface area contributed by atoms with Crippen molar-refractivity contribution in [1.29, 1.82) is 0 Å². The smallest absolute Gasteiger partial charge is 0.343 e. The zero-order chi connectivity index (χ0) is 19.2. The maximum absolute atomic E-state index is 14.2. The zero-order valence-electron chi connectivity index (χ0n) is 14.5. The molecule has 144 valence electrons. The number of rotatable bonds is 3. The van der Waals surface area contributed by atoms with Gasteiger partial charge in [0.25, 0.3) is 0 Å². The molecule has 2 amide bonds. The standard InChI is InChI=1S/C18H19FN2O6/c19-18(17(24)25)3-4-20(10-18)16(23)11-7-15(22)21(9-11)12-1-2-13-14(8-12)27-6-5-26-13/h1-2,8,11H,3-7,9-10H2,(H,24,25). The van der Waals surface area contributed by atoms with Crippen LogP contribution in [-0.2, 0) is 14.4 Å². The molecule has 2 atom stereocenters. The molecule has 8 nitrogen and oxygen atoms in total. The first kappa shape index (κ1) is 17.6. The van der Waals surface area contributed by atoms with Crippen molar-refractivity contribution >= 4 is 23.5 Å². The number of amides is 2. The molecule has 3 aliphatic heterocycles. The Morgan fingerprint density at radius 2 is 1.96 bits per heavy atom. The molecule has 1 aromatic carbocycles. The lowest BCUT2D eigenvalue weighted by molar-refractivity contribution is -0.150. The Balaban J connectivity index is 1.46. The second kappa shape index (κ2) is 6.40. The van der Waals surface area contributed by atoms with Crippen molar-refractivity contribution in [3.63, 3.8) is 0 Å². The van der Waals surface area contributed by atoms with Crippen LogP contribution in [0.15, 0.2) is 18.2 Å². The molecule has 3 heterocycles. The average molecular weight is 378 g/mol. The number of alkyl halides is 1. The fourth-order valence-electron chi connectivity index (χ4n) is 3.72. The van der Waals surface area contributed by atoms with E-state index >= 15 is 0 Å². The summed E-state index contributed by atoms with van der Waals surface area (Å²) in [4.78, 5) is 38.8. The molecule has 2 unspecified atom stereocenters. The fourth-order valence-corrected chi connectivity index (χ4v) is 3.72. The number of carboxylic acid groups (broad SMARTS) is 1. The van der Waals surface area contributed by atoms with E-state index in [4.69, 9.17) is 14.6 Å². The number of hydrogen-bond acceptors (Lipinski definition) is 5. The third kappa shape index (κ3) is 3.07. The molecule has 4 rings (SSSR count). The third-order valence-electron chi connectivity index (χ3n) is 5.23. The zero-order valence-corrected chi connectivity index (χ0v) is 14.5. The number of aliphatic carboxylic acids is 1. The Morgan fingerprint density at radius 1 is 1.22 bits per heavy atom. The number of carbonyl (C=O) groups excluding carboxylic acids is 2. The van der Waals surface area contributed by atoms with Gasteiger partial charge in [0.15, 0.2) is 11.5 Å². The first-order valence-corrected chi connectivity index (χ1v) is 8.78. The van der Waals surface area contributed by atoms with Crippen molar-refractivity contribution in [1.82, 2.24) is 4.90 Å². The Bertz CT molecular complexity index is 815. The molecule has 3 aliphatic rings. The lowest BCUT2D eigenvalue weighted by atomic mass is 10.1.